The Labute approximate surface area is 131 Å². The molecular formula is C10H8BrCl2N3O2S. The van der Waals surface area contributed by atoms with Gasteiger partial charge in [0.05, 0.1) is 34.2 Å². The number of alkyl halides is 1. The largest absolute Gasteiger partial charge is 0.468 e. The third kappa shape index (κ3) is 3.10. The Morgan fingerprint density at radius 2 is 2.16 bits per heavy atom. The van der Waals surface area contributed by atoms with Crippen LogP contribution in [-0.2, 0) is 20.9 Å². The number of ether oxygens (including phenoxy) is 1. The quantitative estimate of drug-likeness (QED) is 0.638. The minimum Gasteiger partial charge on any atom is -0.468 e. The van der Waals surface area contributed by atoms with Gasteiger partial charge in [-0.2, -0.15) is 8.73 Å². The van der Waals surface area contributed by atoms with Gasteiger partial charge in [0.15, 0.2) is 0 Å². The molecule has 1 heterocycles. The summed E-state index contributed by atoms with van der Waals surface area (Å²) in [4.78, 5) is 10.8. The summed E-state index contributed by atoms with van der Waals surface area (Å²) in [6, 6.07) is 1.59. The SMILES string of the molecule is COC(=O)C(Br)CNc1c(Cl)cc(Cl)c2c1N=S=N2. The first-order valence-electron chi connectivity index (χ1n) is 5.10. The van der Waals surface area contributed by atoms with E-state index in [9.17, 15) is 4.79 Å². The molecule has 2 rings (SSSR count). The highest BCUT2D eigenvalue weighted by molar-refractivity contribution is 9.10. The number of benzene rings is 1. The van der Waals surface area contributed by atoms with Gasteiger partial charge in [-0.3, -0.25) is 4.79 Å². The number of halogens is 3. The molecule has 1 aliphatic rings. The molecule has 1 aliphatic heterocycles. The monoisotopic (exact) mass is 383 g/mol. The topological polar surface area (TPSA) is 63.0 Å². The molecule has 19 heavy (non-hydrogen) atoms. The van der Waals surface area contributed by atoms with E-state index in [2.05, 4.69) is 34.7 Å². The van der Waals surface area contributed by atoms with E-state index in [1.54, 1.807) is 6.07 Å². The van der Waals surface area contributed by atoms with E-state index < -0.39 is 4.83 Å². The van der Waals surface area contributed by atoms with Gasteiger partial charge in [-0.05, 0) is 6.07 Å². The average Bonchev–Trinajstić information content (AvgIpc) is 2.86. The lowest BCUT2D eigenvalue weighted by Gasteiger charge is -2.14. The van der Waals surface area contributed by atoms with Crippen molar-refractivity contribution in [2.75, 3.05) is 19.0 Å². The Bertz CT molecular complexity index is 605. The van der Waals surface area contributed by atoms with E-state index in [4.69, 9.17) is 23.2 Å². The third-order valence-corrected chi connectivity index (χ3v) is 4.17. The van der Waals surface area contributed by atoms with Gasteiger partial charge < -0.3 is 10.1 Å². The minimum atomic E-state index is -0.481. The van der Waals surface area contributed by atoms with Crippen LogP contribution in [0.25, 0.3) is 0 Å². The van der Waals surface area contributed by atoms with Crippen LogP contribution in [0.4, 0.5) is 17.1 Å². The van der Waals surface area contributed by atoms with Crippen molar-refractivity contribution in [2.45, 2.75) is 4.83 Å². The second-order valence-corrected chi connectivity index (χ2v) is 6.00. The van der Waals surface area contributed by atoms with Crippen LogP contribution in [0.5, 0.6) is 0 Å². The molecule has 0 bridgehead atoms. The highest BCUT2D eigenvalue weighted by atomic mass is 79.9. The summed E-state index contributed by atoms with van der Waals surface area (Å²) in [5.74, 6) is -0.370. The molecule has 0 fully saturated rings. The van der Waals surface area contributed by atoms with Crippen molar-refractivity contribution in [1.82, 2.24) is 0 Å². The average molecular weight is 385 g/mol. The predicted molar refractivity (Wildman–Crippen MR) is 81.2 cm³/mol. The van der Waals surface area contributed by atoms with Crippen molar-refractivity contribution in [3.63, 3.8) is 0 Å². The van der Waals surface area contributed by atoms with Gasteiger partial charge in [0.2, 0.25) is 0 Å². The lowest BCUT2D eigenvalue weighted by atomic mass is 10.2. The molecule has 0 spiro atoms. The number of nitrogens with one attached hydrogen (secondary N) is 1. The van der Waals surface area contributed by atoms with Crippen LogP contribution < -0.4 is 5.32 Å². The molecule has 5 nitrogen and oxygen atoms in total. The molecule has 9 heteroatoms. The highest BCUT2D eigenvalue weighted by Gasteiger charge is 2.21. The first-order chi connectivity index (χ1) is 9.04. The number of hydrogen-bond donors (Lipinski definition) is 1. The van der Waals surface area contributed by atoms with Gasteiger partial charge in [0.25, 0.3) is 0 Å². The van der Waals surface area contributed by atoms with Crippen molar-refractivity contribution in [3.8, 4) is 0 Å². The molecule has 0 saturated carbocycles. The van der Waals surface area contributed by atoms with E-state index in [0.29, 0.717) is 33.7 Å². The number of hydrogen-bond acceptors (Lipinski definition) is 5. The van der Waals surface area contributed by atoms with Crippen molar-refractivity contribution in [2.24, 2.45) is 8.73 Å². The normalized spacial score (nSPS) is 13.7. The molecule has 0 aromatic heterocycles. The first-order valence-corrected chi connectivity index (χ1v) is 7.50. The van der Waals surface area contributed by atoms with E-state index in [1.807, 2.05) is 0 Å². The Balaban J connectivity index is 2.21. The summed E-state index contributed by atoms with van der Waals surface area (Å²) < 4.78 is 12.9. The molecule has 0 radical (unpaired) electrons. The molecule has 1 aromatic rings. The number of anilines is 1. The standard InChI is InChI=1S/C10H8BrCl2N3O2S/c1-18-10(17)4(11)3-14-7-5(12)2-6(13)8-9(7)16-19-15-8/h2,4,14H,3H2,1H3. The number of esters is 1. The predicted octanol–water partition coefficient (Wildman–Crippen LogP) is 4.07. The lowest BCUT2D eigenvalue weighted by Crippen LogP contribution is -2.24. The molecule has 0 amide bonds. The maximum Gasteiger partial charge on any atom is 0.321 e. The Morgan fingerprint density at radius 3 is 2.84 bits per heavy atom. The fraction of sp³-hybridized carbons (Fsp3) is 0.300. The summed E-state index contributed by atoms with van der Waals surface area (Å²) in [5.41, 5.74) is 1.78. The van der Waals surface area contributed by atoms with E-state index >= 15 is 0 Å². The lowest BCUT2D eigenvalue weighted by molar-refractivity contribution is -0.139. The Kier molecular flexibility index (Phi) is 4.83. The maximum atomic E-state index is 11.3. The maximum absolute atomic E-state index is 11.3. The summed E-state index contributed by atoms with van der Waals surface area (Å²) >= 11 is 16.4. The zero-order valence-corrected chi connectivity index (χ0v) is 13.5. The smallest absolute Gasteiger partial charge is 0.321 e. The van der Waals surface area contributed by atoms with Crippen LogP contribution in [-0.4, -0.2) is 24.5 Å². The first kappa shape index (κ1) is 14.8. The fourth-order valence-corrected chi connectivity index (χ4v) is 2.97. The number of carbonyl (C=O) groups excluding carboxylic acids is 1. The number of fused-ring (bicyclic) bond motifs is 1. The van der Waals surface area contributed by atoms with Crippen molar-refractivity contribution < 1.29 is 9.53 Å². The minimum absolute atomic E-state index is 0.306. The van der Waals surface area contributed by atoms with Gasteiger partial charge in [-0.25, -0.2) is 0 Å². The van der Waals surface area contributed by atoms with Crippen LogP contribution in [0, 0.1) is 0 Å². The second-order valence-electron chi connectivity index (χ2n) is 3.55. The zero-order chi connectivity index (χ0) is 14.0. The van der Waals surface area contributed by atoms with Crippen molar-refractivity contribution in [3.05, 3.63) is 16.1 Å². The molecule has 1 atom stereocenters. The van der Waals surface area contributed by atoms with Crippen LogP contribution in [0.15, 0.2) is 14.8 Å². The number of nitrogens with zero attached hydrogens (tertiary/aromatic N) is 2. The molecule has 1 N–H and O–H groups in total. The van der Waals surface area contributed by atoms with E-state index in [0.717, 1.165) is 11.4 Å². The van der Waals surface area contributed by atoms with Crippen LogP contribution in [0.3, 0.4) is 0 Å². The summed E-state index contributed by atoms with van der Waals surface area (Å²) in [7, 11) is 1.33. The van der Waals surface area contributed by atoms with Gasteiger partial charge in [0, 0.05) is 6.54 Å². The second kappa shape index (κ2) is 6.21. The number of methoxy groups -OCH3 is 1. The number of carbonyl (C=O) groups is 1. The molecule has 1 aromatic carbocycles. The summed E-state index contributed by atoms with van der Waals surface area (Å²) in [6.45, 7) is 0.306. The van der Waals surface area contributed by atoms with Crippen molar-refractivity contribution in [1.29, 1.82) is 0 Å². The summed E-state index contributed by atoms with van der Waals surface area (Å²) in [6.07, 6.45) is 0. The Morgan fingerprint density at radius 1 is 1.47 bits per heavy atom. The van der Waals surface area contributed by atoms with E-state index in [-0.39, 0.29) is 5.97 Å². The van der Waals surface area contributed by atoms with Gasteiger partial charge in [-0.1, -0.05) is 39.1 Å². The van der Waals surface area contributed by atoms with E-state index in [1.165, 1.54) is 7.11 Å². The fourth-order valence-electron chi connectivity index (χ4n) is 1.45. The molecule has 0 aliphatic carbocycles. The zero-order valence-electron chi connectivity index (χ0n) is 9.61. The molecule has 0 saturated heterocycles. The number of rotatable bonds is 4. The summed E-state index contributed by atoms with van der Waals surface area (Å²) in [5, 5.41) is 3.92. The highest BCUT2D eigenvalue weighted by Crippen LogP contribution is 2.47. The van der Waals surface area contributed by atoms with Crippen LogP contribution >= 0.6 is 39.1 Å². The van der Waals surface area contributed by atoms with Crippen LogP contribution in [0.2, 0.25) is 10.0 Å². The Hall–Kier alpha value is -0.630. The van der Waals surface area contributed by atoms with Gasteiger partial charge >= 0.3 is 5.97 Å². The molecule has 1 unspecified atom stereocenters. The van der Waals surface area contributed by atoms with Gasteiger partial charge in [0.1, 0.15) is 16.2 Å². The molecule has 102 valence electrons. The van der Waals surface area contributed by atoms with Crippen LogP contribution in [0.1, 0.15) is 0 Å². The molecular weight excluding hydrogens is 377 g/mol. The van der Waals surface area contributed by atoms with Crippen molar-refractivity contribution >= 4 is 73.5 Å². The third-order valence-electron chi connectivity index (χ3n) is 2.36. The van der Waals surface area contributed by atoms with Gasteiger partial charge in [-0.15, -0.1) is 0 Å².